The number of allylic oxidation sites excluding steroid dienone is 4. The highest BCUT2D eigenvalue weighted by Gasteiger charge is 2.13. The molecule has 1 rings (SSSR count). The Morgan fingerprint density at radius 3 is 2.09 bits per heavy atom. The molecule has 5 radical (unpaired) electrons. The Hall–Kier alpha value is -0.780. The molecule has 0 aromatic carbocycles. The standard InChI is InChI=1S/C11H11/c1-3-10(4-2)9-11-7-5-6-8-11/h3-9H,1-2H2. The van der Waals surface area contributed by atoms with Crippen LogP contribution in [0, 0.1) is 31.6 Å². The molecule has 0 amide bonds. The first kappa shape index (κ1) is 8.32. The van der Waals surface area contributed by atoms with Gasteiger partial charge in [0.15, 0.2) is 0 Å². The fourth-order valence-electron chi connectivity index (χ4n) is 0.879. The van der Waals surface area contributed by atoms with Crippen LogP contribution >= 0.6 is 0 Å². The molecule has 0 aromatic heterocycles. The lowest BCUT2D eigenvalue weighted by Gasteiger charge is -2.00. The summed E-state index contributed by atoms with van der Waals surface area (Å²) in [6, 6.07) is 0. The fourth-order valence-corrected chi connectivity index (χ4v) is 0.879. The van der Waals surface area contributed by atoms with Gasteiger partial charge in [0.05, 0.1) is 0 Å². The molecule has 0 atom stereocenters. The molecule has 1 aliphatic rings. The lowest BCUT2D eigenvalue weighted by atomic mass is 10.0. The largest absolute Gasteiger partial charge is 0.0985 e. The third-order valence-electron chi connectivity index (χ3n) is 1.49. The van der Waals surface area contributed by atoms with Crippen LogP contribution in [-0.2, 0) is 0 Å². The van der Waals surface area contributed by atoms with Gasteiger partial charge in [-0.1, -0.05) is 31.4 Å². The maximum Gasteiger partial charge on any atom is 0.00560 e. The van der Waals surface area contributed by atoms with Crippen molar-refractivity contribution in [3.8, 4) is 0 Å². The smallest absolute Gasteiger partial charge is 0.00560 e. The van der Waals surface area contributed by atoms with E-state index in [1.54, 1.807) is 12.2 Å². The Labute approximate surface area is 69.3 Å². The zero-order valence-corrected chi connectivity index (χ0v) is 6.46. The van der Waals surface area contributed by atoms with Crippen molar-refractivity contribution in [1.82, 2.24) is 0 Å². The molecule has 0 heteroatoms. The van der Waals surface area contributed by atoms with Gasteiger partial charge in [0.1, 0.15) is 0 Å². The van der Waals surface area contributed by atoms with Gasteiger partial charge in [-0.2, -0.15) is 0 Å². The monoisotopic (exact) mass is 143 g/mol. The van der Waals surface area contributed by atoms with E-state index in [2.05, 4.69) is 13.2 Å². The number of hydrogen-bond acceptors (Lipinski definition) is 0. The molecule has 0 spiro atoms. The van der Waals surface area contributed by atoms with Crippen LogP contribution in [0.4, 0.5) is 0 Å². The van der Waals surface area contributed by atoms with Crippen LogP contribution < -0.4 is 0 Å². The van der Waals surface area contributed by atoms with E-state index in [9.17, 15) is 0 Å². The summed E-state index contributed by atoms with van der Waals surface area (Å²) in [5.74, 6) is 1.19. The molecule has 1 fully saturated rings. The predicted octanol–water partition coefficient (Wildman–Crippen LogP) is 2.69. The van der Waals surface area contributed by atoms with Crippen molar-refractivity contribution >= 4 is 0 Å². The first-order valence-electron chi connectivity index (χ1n) is 3.55. The van der Waals surface area contributed by atoms with E-state index >= 15 is 0 Å². The second-order valence-electron chi connectivity index (χ2n) is 2.27. The molecule has 0 unspecified atom stereocenters. The zero-order chi connectivity index (χ0) is 8.10. The maximum atomic E-state index is 3.67. The van der Waals surface area contributed by atoms with Crippen molar-refractivity contribution in [3.05, 3.63) is 68.6 Å². The average molecular weight is 143 g/mol. The van der Waals surface area contributed by atoms with E-state index in [-0.39, 0.29) is 0 Å². The third-order valence-corrected chi connectivity index (χ3v) is 1.49. The average Bonchev–Trinajstić information content (AvgIpc) is 2.52. The molecular weight excluding hydrogens is 132 g/mol. The van der Waals surface area contributed by atoms with Crippen LogP contribution in [0.2, 0.25) is 0 Å². The Morgan fingerprint density at radius 2 is 1.64 bits per heavy atom. The van der Waals surface area contributed by atoms with E-state index in [1.807, 2.05) is 31.8 Å². The molecule has 1 aliphatic carbocycles. The fraction of sp³-hybridized carbons (Fsp3) is 0. The number of rotatable bonds is 3. The minimum absolute atomic E-state index is 1.05. The van der Waals surface area contributed by atoms with E-state index in [0.717, 1.165) is 5.57 Å². The van der Waals surface area contributed by atoms with Crippen molar-refractivity contribution in [1.29, 1.82) is 0 Å². The summed E-state index contributed by atoms with van der Waals surface area (Å²) >= 11 is 0. The molecule has 0 N–H and O–H groups in total. The predicted molar refractivity (Wildman–Crippen MR) is 48.9 cm³/mol. The van der Waals surface area contributed by atoms with Gasteiger partial charge in [0.25, 0.3) is 0 Å². The van der Waals surface area contributed by atoms with Gasteiger partial charge in [0, 0.05) is 5.92 Å². The summed E-state index contributed by atoms with van der Waals surface area (Å²) in [5.41, 5.74) is 1.05. The van der Waals surface area contributed by atoms with Crippen LogP contribution in [-0.4, -0.2) is 0 Å². The van der Waals surface area contributed by atoms with Gasteiger partial charge in [-0.05, 0) is 31.3 Å². The molecule has 55 valence electrons. The Morgan fingerprint density at radius 1 is 1.09 bits per heavy atom. The van der Waals surface area contributed by atoms with E-state index in [1.165, 1.54) is 5.92 Å². The van der Waals surface area contributed by atoms with Gasteiger partial charge in [-0.25, -0.2) is 0 Å². The van der Waals surface area contributed by atoms with E-state index in [4.69, 9.17) is 0 Å². The van der Waals surface area contributed by atoms with Gasteiger partial charge >= 0.3 is 0 Å². The quantitative estimate of drug-likeness (QED) is 0.533. The molecule has 0 aromatic rings. The summed E-state index contributed by atoms with van der Waals surface area (Å²) in [4.78, 5) is 0. The molecule has 1 saturated carbocycles. The second-order valence-corrected chi connectivity index (χ2v) is 2.27. The summed E-state index contributed by atoms with van der Waals surface area (Å²) in [7, 11) is 0. The van der Waals surface area contributed by atoms with Crippen LogP contribution in [0.5, 0.6) is 0 Å². The number of hydrogen-bond donors (Lipinski definition) is 0. The molecule has 0 bridgehead atoms. The molecule has 0 nitrogen and oxygen atoms in total. The summed E-state index contributed by atoms with van der Waals surface area (Å²) in [6.45, 7) is 7.35. The molecule has 0 saturated heterocycles. The third kappa shape index (κ3) is 2.38. The normalized spacial score (nSPS) is 17.8. The summed E-state index contributed by atoms with van der Waals surface area (Å²) in [5, 5.41) is 0. The Kier molecular flexibility index (Phi) is 3.15. The van der Waals surface area contributed by atoms with Crippen molar-refractivity contribution in [2.75, 3.05) is 0 Å². The van der Waals surface area contributed by atoms with Gasteiger partial charge < -0.3 is 0 Å². The lowest BCUT2D eigenvalue weighted by molar-refractivity contribution is 1.36. The second kappa shape index (κ2) is 4.17. The molecule has 11 heavy (non-hydrogen) atoms. The van der Waals surface area contributed by atoms with Gasteiger partial charge in [-0.15, -0.1) is 0 Å². The van der Waals surface area contributed by atoms with E-state index < -0.39 is 0 Å². The van der Waals surface area contributed by atoms with Crippen molar-refractivity contribution in [2.24, 2.45) is 0 Å². The summed E-state index contributed by atoms with van der Waals surface area (Å²) < 4.78 is 0. The SMILES string of the molecule is C=CC(C=C)=C[C]1[CH][CH][CH][CH]1. The van der Waals surface area contributed by atoms with Gasteiger partial charge in [-0.3, -0.25) is 0 Å². The Bertz CT molecular complexity index is 158. The van der Waals surface area contributed by atoms with Gasteiger partial charge in [0.2, 0.25) is 0 Å². The Balaban J connectivity index is 2.52. The van der Waals surface area contributed by atoms with Crippen molar-refractivity contribution in [2.45, 2.75) is 0 Å². The minimum Gasteiger partial charge on any atom is -0.0985 e. The van der Waals surface area contributed by atoms with Crippen molar-refractivity contribution in [3.63, 3.8) is 0 Å². The van der Waals surface area contributed by atoms with Crippen LogP contribution in [0.15, 0.2) is 37.0 Å². The molecule has 0 aliphatic heterocycles. The maximum absolute atomic E-state index is 3.67. The molecule has 0 heterocycles. The highest BCUT2D eigenvalue weighted by molar-refractivity contribution is 5.46. The lowest BCUT2D eigenvalue weighted by Crippen LogP contribution is -1.86. The van der Waals surface area contributed by atoms with Crippen molar-refractivity contribution < 1.29 is 0 Å². The summed E-state index contributed by atoms with van der Waals surface area (Å²) in [6.07, 6.45) is 13.7. The van der Waals surface area contributed by atoms with Crippen LogP contribution in [0.25, 0.3) is 0 Å². The van der Waals surface area contributed by atoms with E-state index in [0.29, 0.717) is 0 Å². The first-order valence-corrected chi connectivity index (χ1v) is 3.55. The first-order chi connectivity index (χ1) is 5.36. The topological polar surface area (TPSA) is 0 Å². The zero-order valence-electron chi connectivity index (χ0n) is 6.46. The highest BCUT2D eigenvalue weighted by atomic mass is 14.2. The molecular formula is C11H11. The van der Waals surface area contributed by atoms with Crippen LogP contribution in [0.3, 0.4) is 0 Å². The minimum atomic E-state index is 1.05. The van der Waals surface area contributed by atoms with Crippen LogP contribution in [0.1, 0.15) is 0 Å². The highest BCUT2D eigenvalue weighted by Crippen LogP contribution is 2.25.